The minimum atomic E-state index is -1.23. The minimum Gasteiger partial charge on any atom is -0.377 e. The summed E-state index contributed by atoms with van der Waals surface area (Å²) in [5.41, 5.74) is 4.91. The molecule has 62 heavy (non-hydrogen) atoms. The number of carbonyl (C=O) groups is 11. The SMILES string of the molecule is NC(=O)COCC(=O)NCCOCCOCCOCCNC(=O)C1CSCC(=O)NCC(=O)N[C@@H](CS)C(=O)NCC(=O)NCC(=O)NCC(=O)N[C@@H](CS)C(=O)NCC(=O)N1. The van der Waals surface area contributed by atoms with E-state index in [0.717, 1.165) is 11.8 Å². The molecule has 0 spiro atoms. The molecule has 0 radical (unpaired) electrons. The molecule has 0 aromatic heterocycles. The maximum atomic E-state index is 13.1. The van der Waals surface area contributed by atoms with Gasteiger partial charge in [-0.15, -0.1) is 11.8 Å². The first-order chi connectivity index (χ1) is 29.6. The van der Waals surface area contributed by atoms with E-state index in [1.54, 1.807) is 0 Å². The summed E-state index contributed by atoms with van der Waals surface area (Å²) < 4.78 is 21.0. The van der Waals surface area contributed by atoms with Crippen molar-refractivity contribution >= 4 is 102 Å². The highest BCUT2D eigenvalue weighted by Crippen LogP contribution is 2.04. The maximum Gasteiger partial charge on any atom is 0.246 e. The highest BCUT2D eigenvalue weighted by molar-refractivity contribution is 8.00. The molecule has 1 aliphatic heterocycles. The van der Waals surface area contributed by atoms with E-state index in [0.29, 0.717) is 0 Å². The zero-order chi connectivity index (χ0) is 46.1. The Balaban J connectivity index is 2.69. The number of amides is 11. The van der Waals surface area contributed by atoms with Gasteiger partial charge in [0, 0.05) is 30.3 Å². The van der Waals surface area contributed by atoms with Crippen LogP contribution in [0.1, 0.15) is 0 Å². The van der Waals surface area contributed by atoms with Crippen molar-refractivity contribution in [1.82, 2.24) is 53.2 Å². The van der Waals surface area contributed by atoms with Crippen LogP contribution in [0, 0.1) is 0 Å². The lowest BCUT2D eigenvalue weighted by atomic mass is 10.3. The summed E-state index contributed by atoms with van der Waals surface area (Å²) in [5, 5.41) is 23.8. The zero-order valence-electron chi connectivity index (χ0n) is 33.7. The van der Waals surface area contributed by atoms with Crippen molar-refractivity contribution in [2.24, 2.45) is 5.73 Å². The summed E-state index contributed by atoms with van der Waals surface area (Å²) in [6, 6.07) is -3.63. The average Bonchev–Trinajstić information content (AvgIpc) is 3.24. The van der Waals surface area contributed by atoms with Crippen LogP contribution in [-0.2, 0) is 71.7 Å². The van der Waals surface area contributed by atoms with Crippen LogP contribution >= 0.6 is 37.0 Å². The largest absolute Gasteiger partial charge is 0.377 e. The number of nitrogens with one attached hydrogen (secondary N) is 10. The standard InChI is InChI=1S/C33H55N11O15S3/c34-23(45)14-59-15-29(51)35-1-3-56-5-7-58-8-6-57-4-2-36-33(55)22-18-62-19-30(52)39-12-27(49)43-20(16-60)31(53)40-10-25(47)37-9-24(46)38-11-26(48)42-21(17-61)32(54)41-13-28(50)44-22/h20-22,60-61H,1-19H2,(H2,34,45)(H,35,51)(H,36,55)(H,37,47)(H,38,46)(H,39,52)(H,40,53)(H,41,54)(H,42,48)(H,43,49)(H,44,50)/t20-,21-,22?/m0/s1. The Hall–Kier alpha value is -4.94. The van der Waals surface area contributed by atoms with Crippen LogP contribution in [0.3, 0.4) is 0 Å². The summed E-state index contributed by atoms with van der Waals surface area (Å²) in [7, 11) is 0. The molecule has 0 saturated carbocycles. The van der Waals surface area contributed by atoms with E-state index < -0.39 is 116 Å². The Kier molecular flexibility index (Phi) is 29.9. The summed E-state index contributed by atoms with van der Waals surface area (Å²) in [5.74, 6) is -8.59. The molecular weight excluding hydrogens is 887 g/mol. The van der Waals surface area contributed by atoms with E-state index in [1.165, 1.54) is 0 Å². The molecule has 3 atom stereocenters. The lowest BCUT2D eigenvalue weighted by Crippen LogP contribution is -2.54. The molecule has 0 aliphatic carbocycles. The molecule has 1 unspecified atom stereocenters. The number of hydrogen-bond donors (Lipinski definition) is 13. The molecule has 1 rings (SSSR count). The molecule has 12 N–H and O–H groups in total. The van der Waals surface area contributed by atoms with Crippen molar-refractivity contribution < 1.29 is 71.7 Å². The van der Waals surface area contributed by atoms with E-state index in [9.17, 15) is 52.7 Å². The molecule has 11 amide bonds. The van der Waals surface area contributed by atoms with Crippen LogP contribution < -0.4 is 58.9 Å². The third kappa shape index (κ3) is 27.8. The number of thiol groups is 2. The maximum absolute atomic E-state index is 13.1. The van der Waals surface area contributed by atoms with Gasteiger partial charge in [-0.2, -0.15) is 25.3 Å². The molecular formula is C33H55N11O15S3. The minimum absolute atomic E-state index is 0.0203. The first-order valence-corrected chi connectivity index (χ1v) is 21.2. The highest BCUT2D eigenvalue weighted by Gasteiger charge is 2.25. The second-order valence-corrected chi connectivity index (χ2v) is 14.2. The van der Waals surface area contributed by atoms with Gasteiger partial charge < -0.3 is 77.8 Å². The summed E-state index contributed by atoms with van der Waals surface area (Å²) in [4.78, 5) is 135. The number of rotatable bonds is 19. The molecule has 26 nitrogen and oxygen atoms in total. The second kappa shape index (κ2) is 33.7. The summed E-state index contributed by atoms with van der Waals surface area (Å²) in [6.45, 7) is -2.16. The Morgan fingerprint density at radius 2 is 1.00 bits per heavy atom. The normalized spacial score (nSPS) is 19.7. The number of carbonyl (C=O) groups excluding carboxylic acids is 11. The van der Waals surface area contributed by atoms with Gasteiger partial charge in [-0.3, -0.25) is 52.7 Å². The predicted molar refractivity (Wildman–Crippen MR) is 224 cm³/mol. The van der Waals surface area contributed by atoms with E-state index in [2.05, 4.69) is 78.4 Å². The lowest BCUT2D eigenvalue weighted by molar-refractivity contribution is -0.131. The van der Waals surface area contributed by atoms with Crippen molar-refractivity contribution in [2.45, 2.75) is 18.1 Å². The predicted octanol–water partition coefficient (Wildman–Crippen LogP) is -8.59. The highest BCUT2D eigenvalue weighted by atomic mass is 32.2. The van der Waals surface area contributed by atoms with Gasteiger partial charge in [-0.1, -0.05) is 0 Å². The van der Waals surface area contributed by atoms with Crippen LogP contribution in [0.2, 0.25) is 0 Å². The Morgan fingerprint density at radius 1 is 0.565 bits per heavy atom. The fraction of sp³-hybridized carbons (Fsp3) is 0.667. The molecule has 1 saturated heterocycles. The van der Waals surface area contributed by atoms with Crippen LogP contribution in [0.5, 0.6) is 0 Å². The smallest absolute Gasteiger partial charge is 0.246 e. The van der Waals surface area contributed by atoms with Crippen molar-refractivity contribution in [1.29, 1.82) is 0 Å². The molecule has 0 bridgehead atoms. The molecule has 0 aromatic carbocycles. The van der Waals surface area contributed by atoms with Gasteiger partial charge in [0.25, 0.3) is 0 Å². The van der Waals surface area contributed by atoms with Crippen LogP contribution in [-0.4, -0.2) is 205 Å². The van der Waals surface area contributed by atoms with Crippen LogP contribution in [0.4, 0.5) is 0 Å². The molecule has 1 heterocycles. The van der Waals surface area contributed by atoms with Crippen LogP contribution in [0.15, 0.2) is 0 Å². The van der Waals surface area contributed by atoms with Crippen LogP contribution in [0.25, 0.3) is 0 Å². The average molecular weight is 942 g/mol. The number of ether oxygens (including phenoxy) is 4. The molecule has 1 aliphatic rings. The number of hydrogen-bond acceptors (Lipinski definition) is 18. The third-order valence-corrected chi connectivity index (χ3v) is 9.12. The molecule has 350 valence electrons. The molecule has 29 heteroatoms. The van der Waals surface area contributed by atoms with E-state index in [1.807, 2.05) is 0 Å². The Morgan fingerprint density at radius 3 is 1.52 bits per heavy atom. The fourth-order valence-corrected chi connectivity index (χ4v) is 5.73. The number of thioether (sulfide) groups is 1. The first-order valence-electron chi connectivity index (χ1n) is 18.8. The van der Waals surface area contributed by atoms with Crippen molar-refractivity contribution in [3.8, 4) is 0 Å². The molecule has 0 aromatic rings. The summed E-state index contributed by atoms with van der Waals surface area (Å²) >= 11 is 9.02. The number of nitrogens with two attached hydrogens (primary N) is 1. The second-order valence-electron chi connectivity index (χ2n) is 12.4. The third-order valence-electron chi connectivity index (χ3n) is 7.36. The van der Waals surface area contributed by atoms with E-state index in [-0.39, 0.29) is 89.0 Å². The quantitative estimate of drug-likeness (QED) is 0.0423. The van der Waals surface area contributed by atoms with Gasteiger partial charge in [0.1, 0.15) is 31.3 Å². The van der Waals surface area contributed by atoms with E-state index in [4.69, 9.17) is 24.7 Å². The van der Waals surface area contributed by atoms with Crippen molar-refractivity contribution in [3.05, 3.63) is 0 Å². The van der Waals surface area contributed by atoms with Gasteiger partial charge in [0.15, 0.2) is 0 Å². The zero-order valence-corrected chi connectivity index (χ0v) is 36.3. The molecule has 1 fully saturated rings. The monoisotopic (exact) mass is 941 g/mol. The Bertz CT molecular complexity index is 1530. The van der Waals surface area contributed by atoms with Gasteiger partial charge in [-0.25, -0.2) is 0 Å². The number of primary amides is 1. The Labute approximate surface area is 371 Å². The van der Waals surface area contributed by atoms with Gasteiger partial charge in [0.05, 0.1) is 78.1 Å². The van der Waals surface area contributed by atoms with Crippen molar-refractivity contribution in [3.63, 3.8) is 0 Å². The first kappa shape index (κ1) is 55.1. The van der Waals surface area contributed by atoms with E-state index >= 15 is 0 Å². The van der Waals surface area contributed by atoms with Gasteiger partial charge >= 0.3 is 0 Å². The topological polar surface area (TPSA) is 371 Å². The van der Waals surface area contributed by atoms with Crippen molar-refractivity contribution in [2.75, 3.05) is 122 Å². The lowest BCUT2D eigenvalue weighted by Gasteiger charge is -2.20. The fourth-order valence-electron chi connectivity index (χ4n) is 4.34. The van der Waals surface area contributed by atoms with Gasteiger partial charge in [0.2, 0.25) is 65.0 Å². The summed E-state index contributed by atoms with van der Waals surface area (Å²) in [6.07, 6.45) is 0. The van der Waals surface area contributed by atoms with Gasteiger partial charge in [-0.05, 0) is 0 Å².